The summed E-state index contributed by atoms with van der Waals surface area (Å²) < 4.78 is 10.7. The fraction of sp³-hybridized carbons (Fsp3) is 0.545. The zero-order chi connectivity index (χ0) is 20.6. The van der Waals surface area contributed by atoms with Gasteiger partial charge in [-0.25, -0.2) is 4.79 Å². The lowest BCUT2D eigenvalue weighted by Crippen LogP contribution is -2.39. The molecule has 1 aromatic rings. The summed E-state index contributed by atoms with van der Waals surface area (Å²) in [4.78, 5) is 26.2. The van der Waals surface area contributed by atoms with Crippen LogP contribution in [-0.4, -0.2) is 50.0 Å². The highest BCUT2D eigenvalue weighted by molar-refractivity contribution is 5.96. The Morgan fingerprint density at radius 2 is 1.96 bits per heavy atom. The number of cyclic esters (lactones) is 1. The summed E-state index contributed by atoms with van der Waals surface area (Å²) in [5.41, 5.74) is 1.21. The summed E-state index contributed by atoms with van der Waals surface area (Å²) in [5, 5.41) is 9.77. The number of benzene rings is 1. The van der Waals surface area contributed by atoms with E-state index in [4.69, 9.17) is 9.47 Å². The molecule has 1 fully saturated rings. The Hall–Kier alpha value is -2.34. The molecule has 6 nitrogen and oxygen atoms in total. The Labute approximate surface area is 167 Å². The molecule has 1 saturated heterocycles. The molecular formula is C22H31NO5. The van der Waals surface area contributed by atoms with Crippen molar-refractivity contribution in [2.75, 3.05) is 32.2 Å². The molecule has 28 heavy (non-hydrogen) atoms. The quantitative estimate of drug-likeness (QED) is 0.376. The van der Waals surface area contributed by atoms with Crippen LogP contribution in [0.5, 0.6) is 0 Å². The minimum atomic E-state index is -1.19. The highest BCUT2D eigenvalue weighted by Crippen LogP contribution is 2.32. The third-order valence-corrected chi connectivity index (χ3v) is 4.85. The average molecular weight is 389 g/mol. The van der Waals surface area contributed by atoms with E-state index in [2.05, 4.69) is 6.92 Å². The molecule has 0 aromatic heterocycles. The van der Waals surface area contributed by atoms with E-state index in [1.165, 1.54) is 0 Å². The van der Waals surface area contributed by atoms with Crippen molar-refractivity contribution in [3.63, 3.8) is 0 Å². The maximum Gasteiger partial charge on any atom is 0.334 e. The molecule has 0 bridgehead atoms. The van der Waals surface area contributed by atoms with Crippen LogP contribution in [-0.2, 0) is 19.1 Å². The second kappa shape index (κ2) is 10.3. The van der Waals surface area contributed by atoms with Gasteiger partial charge in [-0.3, -0.25) is 4.79 Å². The van der Waals surface area contributed by atoms with Gasteiger partial charge in [-0.15, -0.1) is 0 Å². The van der Waals surface area contributed by atoms with E-state index in [9.17, 15) is 14.7 Å². The number of esters is 2. The maximum atomic E-state index is 12.3. The molecule has 1 N–H and O–H groups in total. The molecule has 1 aromatic carbocycles. The van der Waals surface area contributed by atoms with E-state index in [0.717, 1.165) is 36.9 Å². The van der Waals surface area contributed by atoms with E-state index >= 15 is 0 Å². The lowest BCUT2D eigenvalue weighted by Gasteiger charge is -2.24. The van der Waals surface area contributed by atoms with Gasteiger partial charge in [0, 0.05) is 38.2 Å². The van der Waals surface area contributed by atoms with Crippen molar-refractivity contribution in [2.45, 2.75) is 51.0 Å². The standard InChI is InChI=1S/C22H31NO5/c1-4-5-6-7-8-20(25)27-16-22(15-24)14-18(21(26)28-22)13-17-9-11-19(12-10-17)23(2)3/h9-13,24H,4-8,14-16H2,1-3H3/b18-13-. The normalized spacial score (nSPS) is 20.3. The van der Waals surface area contributed by atoms with Crippen LogP contribution in [0.3, 0.4) is 0 Å². The van der Waals surface area contributed by atoms with Gasteiger partial charge in [0.25, 0.3) is 0 Å². The van der Waals surface area contributed by atoms with Crippen LogP contribution in [0, 0.1) is 0 Å². The van der Waals surface area contributed by atoms with Crippen LogP contribution < -0.4 is 4.90 Å². The Morgan fingerprint density at radius 1 is 1.25 bits per heavy atom. The Balaban J connectivity index is 1.96. The summed E-state index contributed by atoms with van der Waals surface area (Å²) in [6.45, 7) is 1.59. The van der Waals surface area contributed by atoms with Gasteiger partial charge in [0.2, 0.25) is 0 Å². The van der Waals surface area contributed by atoms with Gasteiger partial charge in [0.15, 0.2) is 5.60 Å². The topological polar surface area (TPSA) is 76.1 Å². The smallest absolute Gasteiger partial charge is 0.334 e. The molecule has 1 aliphatic rings. The third kappa shape index (κ3) is 6.09. The Kier molecular flexibility index (Phi) is 8.05. The number of carbonyl (C=O) groups excluding carboxylic acids is 2. The van der Waals surface area contributed by atoms with Crippen LogP contribution in [0.4, 0.5) is 5.69 Å². The SMILES string of the molecule is CCCCCCC(=O)OCC1(CO)C/C(=C/c2ccc(N(C)C)cc2)C(=O)O1. The number of hydrogen-bond donors (Lipinski definition) is 1. The molecule has 154 valence electrons. The van der Waals surface area contributed by atoms with Gasteiger partial charge < -0.3 is 19.5 Å². The number of nitrogens with zero attached hydrogens (tertiary/aromatic N) is 1. The van der Waals surface area contributed by atoms with Gasteiger partial charge in [-0.05, 0) is 30.2 Å². The first-order valence-electron chi connectivity index (χ1n) is 9.87. The number of aliphatic hydroxyl groups is 1. The molecule has 2 rings (SSSR count). The van der Waals surface area contributed by atoms with Crippen LogP contribution >= 0.6 is 0 Å². The number of rotatable bonds is 10. The third-order valence-electron chi connectivity index (χ3n) is 4.85. The van der Waals surface area contributed by atoms with Crippen LogP contribution in [0.25, 0.3) is 6.08 Å². The zero-order valence-electron chi connectivity index (χ0n) is 17.1. The van der Waals surface area contributed by atoms with Gasteiger partial charge in [-0.2, -0.15) is 0 Å². The average Bonchev–Trinajstić information content (AvgIpc) is 3.00. The van der Waals surface area contributed by atoms with Gasteiger partial charge in [-0.1, -0.05) is 38.3 Å². The van der Waals surface area contributed by atoms with E-state index in [-0.39, 0.29) is 19.0 Å². The largest absolute Gasteiger partial charge is 0.461 e. The molecule has 0 radical (unpaired) electrons. The first-order valence-corrected chi connectivity index (χ1v) is 9.87. The molecule has 1 heterocycles. The second-order valence-corrected chi connectivity index (χ2v) is 7.53. The molecule has 1 atom stereocenters. The highest BCUT2D eigenvalue weighted by Gasteiger charge is 2.44. The molecule has 0 saturated carbocycles. The first-order chi connectivity index (χ1) is 13.4. The molecule has 0 amide bonds. The van der Waals surface area contributed by atoms with E-state index in [0.29, 0.717) is 12.0 Å². The number of unbranched alkanes of at least 4 members (excludes halogenated alkanes) is 3. The number of hydrogen-bond acceptors (Lipinski definition) is 6. The van der Waals surface area contributed by atoms with E-state index in [1.54, 1.807) is 6.08 Å². The summed E-state index contributed by atoms with van der Waals surface area (Å²) >= 11 is 0. The fourth-order valence-electron chi connectivity index (χ4n) is 3.09. The van der Waals surface area contributed by atoms with Gasteiger partial charge in [0.1, 0.15) is 6.61 Å². The van der Waals surface area contributed by atoms with Crippen molar-refractivity contribution in [1.82, 2.24) is 0 Å². The molecule has 1 aliphatic heterocycles. The van der Waals surface area contributed by atoms with Gasteiger partial charge >= 0.3 is 11.9 Å². The van der Waals surface area contributed by atoms with Crippen LogP contribution in [0.15, 0.2) is 29.8 Å². The summed E-state index contributed by atoms with van der Waals surface area (Å²) in [6, 6.07) is 7.77. The molecule has 0 spiro atoms. The lowest BCUT2D eigenvalue weighted by molar-refractivity contribution is -0.166. The summed E-state index contributed by atoms with van der Waals surface area (Å²) in [7, 11) is 3.92. The first kappa shape index (κ1) is 22.0. The Bertz CT molecular complexity index is 695. The lowest BCUT2D eigenvalue weighted by atomic mass is 9.98. The van der Waals surface area contributed by atoms with E-state index < -0.39 is 18.2 Å². The number of aliphatic hydroxyl groups excluding tert-OH is 1. The van der Waals surface area contributed by atoms with Crippen molar-refractivity contribution < 1.29 is 24.2 Å². The number of anilines is 1. The van der Waals surface area contributed by atoms with Crippen LogP contribution in [0.2, 0.25) is 0 Å². The Morgan fingerprint density at radius 3 is 2.57 bits per heavy atom. The minimum Gasteiger partial charge on any atom is -0.461 e. The van der Waals surface area contributed by atoms with E-state index in [1.807, 2.05) is 43.3 Å². The van der Waals surface area contributed by atoms with Gasteiger partial charge in [0.05, 0.1) is 6.61 Å². The van der Waals surface area contributed by atoms with Crippen molar-refractivity contribution >= 4 is 23.7 Å². The van der Waals surface area contributed by atoms with Crippen molar-refractivity contribution in [1.29, 1.82) is 0 Å². The predicted molar refractivity (Wildman–Crippen MR) is 109 cm³/mol. The minimum absolute atomic E-state index is 0.126. The predicted octanol–water partition coefficient (Wildman–Crippen LogP) is 3.33. The molecular weight excluding hydrogens is 358 g/mol. The maximum absolute atomic E-state index is 12.3. The molecule has 1 unspecified atom stereocenters. The highest BCUT2D eigenvalue weighted by atomic mass is 16.6. The van der Waals surface area contributed by atoms with Crippen molar-refractivity contribution in [2.24, 2.45) is 0 Å². The van der Waals surface area contributed by atoms with Crippen molar-refractivity contribution in [3.05, 3.63) is 35.4 Å². The van der Waals surface area contributed by atoms with Crippen LogP contribution in [0.1, 0.15) is 51.0 Å². The molecule has 0 aliphatic carbocycles. The zero-order valence-corrected chi connectivity index (χ0v) is 17.1. The summed E-state index contributed by atoms with van der Waals surface area (Å²) in [6.07, 6.45) is 6.28. The summed E-state index contributed by atoms with van der Waals surface area (Å²) in [5.74, 6) is -0.804. The number of ether oxygens (including phenoxy) is 2. The monoisotopic (exact) mass is 389 g/mol. The number of carbonyl (C=O) groups is 2. The molecule has 6 heteroatoms. The van der Waals surface area contributed by atoms with Crippen molar-refractivity contribution in [3.8, 4) is 0 Å². The second-order valence-electron chi connectivity index (χ2n) is 7.53. The fourth-order valence-corrected chi connectivity index (χ4v) is 3.09.